The van der Waals surface area contributed by atoms with Gasteiger partial charge in [-0.15, -0.1) is 23.1 Å². The highest BCUT2D eigenvalue weighted by atomic mass is 32.2. The fourth-order valence-corrected chi connectivity index (χ4v) is 8.02. The van der Waals surface area contributed by atoms with Crippen molar-refractivity contribution in [3.8, 4) is 0 Å². The zero-order valence-electron chi connectivity index (χ0n) is 28.0. The summed E-state index contributed by atoms with van der Waals surface area (Å²) in [4.78, 5) is 54.7. The van der Waals surface area contributed by atoms with E-state index < -0.39 is 17.8 Å². The van der Waals surface area contributed by atoms with Gasteiger partial charge in [0.2, 0.25) is 5.91 Å². The molecule has 5 aromatic rings. The van der Waals surface area contributed by atoms with Crippen LogP contribution in [-0.4, -0.2) is 36.1 Å². The molecule has 1 aromatic heterocycles. The monoisotopic (exact) mass is 715 g/mol. The number of ether oxygens (including phenoxy) is 1. The summed E-state index contributed by atoms with van der Waals surface area (Å²) >= 11 is 2.76. The summed E-state index contributed by atoms with van der Waals surface area (Å²) in [5.74, 6) is -1.14. The standard InChI is InChI=1S/C41H37N3O5S2/c1-2-49-41(48)37-33-22-21-30(28-15-8-4-9-16-28)24-35(33)51-40(37)44-36(45)26-50-32-20-12-19-31(25-32)42-39(47)34(23-27-13-6-3-7-14-27)43-38(46)29-17-10-5-11-18-29/h3-20,23,25,30H,2,21-22,24,26H2,1H3,(H,42,47)(H,43,46)(H,44,45)/b34-23-. The summed E-state index contributed by atoms with van der Waals surface area (Å²) in [7, 11) is 0. The number of hydrogen-bond donors (Lipinski definition) is 3. The van der Waals surface area contributed by atoms with E-state index in [-0.39, 0.29) is 24.0 Å². The molecule has 3 N–H and O–H groups in total. The van der Waals surface area contributed by atoms with Crippen LogP contribution in [-0.2, 0) is 27.2 Å². The normalized spacial score (nSPS) is 13.8. The summed E-state index contributed by atoms with van der Waals surface area (Å²) in [5.41, 5.74) is 4.47. The zero-order valence-corrected chi connectivity index (χ0v) is 29.7. The van der Waals surface area contributed by atoms with E-state index in [4.69, 9.17) is 4.74 Å². The van der Waals surface area contributed by atoms with Gasteiger partial charge in [0.25, 0.3) is 11.8 Å². The molecule has 8 nitrogen and oxygen atoms in total. The smallest absolute Gasteiger partial charge is 0.341 e. The minimum Gasteiger partial charge on any atom is -0.462 e. The molecule has 3 amide bonds. The minimum atomic E-state index is -0.495. The first-order valence-electron chi connectivity index (χ1n) is 16.7. The maximum Gasteiger partial charge on any atom is 0.341 e. The van der Waals surface area contributed by atoms with Gasteiger partial charge in [-0.1, -0.05) is 84.9 Å². The number of esters is 1. The molecule has 0 bridgehead atoms. The Morgan fingerprint density at radius 2 is 1.57 bits per heavy atom. The van der Waals surface area contributed by atoms with Crippen molar-refractivity contribution in [1.82, 2.24) is 5.32 Å². The highest BCUT2D eigenvalue weighted by Crippen LogP contribution is 2.43. The molecule has 1 atom stereocenters. The van der Waals surface area contributed by atoms with Crippen LogP contribution in [0.1, 0.15) is 61.5 Å². The van der Waals surface area contributed by atoms with E-state index in [1.54, 1.807) is 55.5 Å². The number of nitrogens with one attached hydrogen (secondary N) is 3. The van der Waals surface area contributed by atoms with Crippen molar-refractivity contribution < 1.29 is 23.9 Å². The third kappa shape index (κ3) is 9.22. The molecule has 0 saturated heterocycles. The summed E-state index contributed by atoms with van der Waals surface area (Å²) in [6, 6.07) is 35.5. The first-order chi connectivity index (χ1) is 24.9. The summed E-state index contributed by atoms with van der Waals surface area (Å²) < 4.78 is 5.40. The number of anilines is 2. The second kappa shape index (κ2) is 17.0. The quantitative estimate of drug-likeness (QED) is 0.0680. The predicted octanol–water partition coefficient (Wildman–Crippen LogP) is 8.34. The predicted molar refractivity (Wildman–Crippen MR) is 204 cm³/mol. The van der Waals surface area contributed by atoms with E-state index in [2.05, 4.69) is 28.1 Å². The molecule has 0 spiro atoms. The fourth-order valence-electron chi connectivity index (χ4n) is 5.93. The van der Waals surface area contributed by atoms with Crippen LogP contribution in [0.15, 0.2) is 126 Å². The molecule has 0 fully saturated rings. The third-order valence-electron chi connectivity index (χ3n) is 8.37. The lowest BCUT2D eigenvalue weighted by atomic mass is 9.83. The molecule has 10 heteroatoms. The molecular formula is C41H37N3O5S2. The highest BCUT2D eigenvalue weighted by molar-refractivity contribution is 8.00. The summed E-state index contributed by atoms with van der Waals surface area (Å²) in [6.07, 6.45) is 4.08. The third-order valence-corrected chi connectivity index (χ3v) is 10.5. The lowest BCUT2D eigenvalue weighted by Crippen LogP contribution is -2.30. The van der Waals surface area contributed by atoms with Crippen LogP contribution >= 0.6 is 23.1 Å². The van der Waals surface area contributed by atoms with Crippen molar-refractivity contribution in [2.75, 3.05) is 23.0 Å². The number of carbonyl (C=O) groups is 4. The molecule has 258 valence electrons. The average molecular weight is 716 g/mol. The number of fused-ring (bicyclic) bond motifs is 1. The van der Waals surface area contributed by atoms with Gasteiger partial charge >= 0.3 is 5.97 Å². The van der Waals surface area contributed by atoms with Crippen molar-refractivity contribution in [1.29, 1.82) is 0 Å². The van der Waals surface area contributed by atoms with Crippen LogP contribution in [0.4, 0.5) is 10.7 Å². The molecule has 1 unspecified atom stereocenters. The van der Waals surface area contributed by atoms with Gasteiger partial charge in [0.1, 0.15) is 10.7 Å². The molecule has 6 rings (SSSR count). The SMILES string of the molecule is CCOC(=O)c1c(NC(=O)CSc2cccc(NC(=O)/C(=C/c3ccccc3)NC(=O)c3ccccc3)c2)sc2c1CCC(c1ccccc1)C2. The van der Waals surface area contributed by atoms with Crippen molar-refractivity contribution in [2.24, 2.45) is 0 Å². The number of benzene rings is 4. The molecular weight excluding hydrogens is 679 g/mol. The second-order valence-electron chi connectivity index (χ2n) is 11.9. The Bertz CT molecular complexity index is 2050. The molecule has 1 aliphatic carbocycles. The second-order valence-corrected chi connectivity index (χ2v) is 14.0. The number of amides is 3. The Hall–Kier alpha value is -5.45. The molecule has 51 heavy (non-hydrogen) atoms. The Kier molecular flexibility index (Phi) is 11.8. The number of thiophene rings is 1. The van der Waals surface area contributed by atoms with Crippen molar-refractivity contribution >= 4 is 63.6 Å². The Balaban J connectivity index is 1.12. The van der Waals surface area contributed by atoms with E-state index in [1.165, 1.54) is 28.7 Å². The van der Waals surface area contributed by atoms with Crippen molar-refractivity contribution in [3.63, 3.8) is 0 Å². The number of rotatable bonds is 12. The van der Waals surface area contributed by atoms with Gasteiger partial charge in [-0.25, -0.2) is 4.79 Å². The van der Waals surface area contributed by atoms with Crippen LogP contribution in [0.5, 0.6) is 0 Å². The molecule has 1 heterocycles. The topological polar surface area (TPSA) is 114 Å². The average Bonchev–Trinajstić information content (AvgIpc) is 3.52. The largest absolute Gasteiger partial charge is 0.462 e. The molecule has 0 radical (unpaired) electrons. The maximum absolute atomic E-state index is 13.5. The molecule has 0 saturated carbocycles. The van der Waals surface area contributed by atoms with Gasteiger partial charge in [0.15, 0.2) is 0 Å². The Labute approximate surface area is 305 Å². The molecule has 4 aromatic carbocycles. The lowest BCUT2D eigenvalue weighted by molar-refractivity contribution is -0.114. The molecule has 0 aliphatic heterocycles. The fraction of sp³-hybridized carbons (Fsp3) is 0.171. The van der Waals surface area contributed by atoms with Crippen LogP contribution in [0.25, 0.3) is 6.08 Å². The number of carbonyl (C=O) groups excluding carboxylic acids is 4. The van der Waals surface area contributed by atoms with Crippen molar-refractivity contribution in [2.45, 2.75) is 37.0 Å². The van der Waals surface area contributed by atoms with E-state index in [0.29, 0.717) is 27.7 Å². The first-order valence-corrected chi connectivity index (χ1v) is 18.5. The van der Waals surface area contributed by atoms with E-state index >= 15 is 0 Å². The van der Waals surface area contributed by atoms with E-state index in [9.17, 15) is 19.2 Å². The lowest BCUT2D eigenvalue weighted by Gasteiger charge is -2.23. The number of hydrogen-bond acceptors (Lipinski definition) is 7. The first kappa shape index (κ1) is 35.4. The van der Waals surface area contributed by atoms with E-state index in [1.807, 2.05) is 60.7 Å². The highest BCUT2D eigenvalue weighted by Gasteiger charge is 2.31. The zero-order chi connectivity index (χ0) is 35.6. The van der Waals surface area contributed by atoms with Gasteiger partial charge in [-0.2, -0.15) is 0 Å². The summed E-state index contributed by atoms with van der Waals surface area (Å²) in [6.45, 7) is 2.02. The molecule has 1 aliphatic rings. The van der Waals surface area contributed by atoms with Crippen LogP contribution in [0.3, 0.4) is 0 Å². The van der Waals surface area contributed by atoms with Gasteiger partial charge in [-0.3, -0.25) is 14.4 Å². The summed E-state index contributed by atoms with van der Waals surface area (Å²) in [5, 5.41) is 9.14. The van der Waals surface area contributed by atoms with Crippen LogP contribution < -0.4 is 16.0 Å². The van der Waals surface area contributed by atoms with Crippen LogP contribution in [0.2, 0.25) is 0 Å². The minimum absolute atomic E-state index is 0.0821. The maximum atomic E-state index is 13.5. The Morgan fingerprint density at radius 1 is 0.863 bits per heavy atom. The van der Waals surface area contributed by atoms with Gasteiger partial charge < -0.3 is 20.7 Å². The Morgan fingerprint density at radius 3 is 2.29 bits per heavy atom. The van der Waals surface area contributed by atoms with Crippen LogP contribution in [0, 0.1) is 0 Å². The number of thioether (sulfide) groups is 1. The van der Waals surface area contributed by atoms with Crippen molar-refractivity contribution in [3.05, 3.63) is 154 Å². The van der Waals surface area contributed by atoms with E-state index in [0.717, 1.165) is 40.2 Å². The van der Waals surface area contributed by atoms with Gasteiger partial charge in [0, 0.05) is 21.0 Å². The van der Waals surface area contributed by atoms with Gasteiger partial charge in [0.05, 0.1) is 17.9 Å². The van der Waals surface area contributed by atoms with Gasteiger partial charge in [-0.05, 0) is 85.2 Å².